The Hall–Kier alpha value is -2.78. The summed E-state index contributed by atoms with van der Waals surface area (Å²) in [6.07, 6.45) is -3.82. The van der Waals surface area contributed by atoms with E-state index in [1.165, 1.54) is 6.92 Å². The topological polar surface area (TPSA) is 105 Å². The van der Waals surface area contributed by atoms with Crippen LogP contribution in [-0.4, -0.2) is 28.4 Å². The first kappa shape index (κ1) is 16.2. The third-order valence-electron chi connectivity index (χ3n) is 5.74. The predicted octanol–water partition coefficient (Wildman–Crippen LogP) is 2.19. The Balaban J connectivity index is 1.91. The van der Waals surface area contributed by atoms with Gasteiger partial charge in [-0.3, -0.25) is 10.1 Å². The molecule has 3 aliphatic rings. The molecule has 1 saturated heterocycles. The number of nitrogens with one attached hydrogen (secondary N) is 2. The SMILES string of the molecule is [2H]C1([2H])c2ccc(C(F)(F)F)cc2C(C)(C[C@]2(C3CC3)NC(=O)NC2=O)N1C(N)=O. The van der Waals surface area contributed by atoms with Crippen molar-refractivity contribution in [1.82, 2.24) is 15.5 Å². The Morgan fingerprint density at radius 1 is 1.39 bits per heavy atom. The summed E-state index contributed by atoms with van der Waals surface area (Å²) in [4.78, 5) is 37.5. The zero-order valence-electron chi connectivity index (χ0n) is 16.8. The van der Waals surface area contributed by atoms with Crippen LogP contribution in [0.5, 0.6) is 0 Å². The number of imide groups is 1. The molecule has 5 amide bonds. The van der Waals surface area contributed by atoms with Gasteiger partial charge in [-0.2, -0.15) is 13.2 Å². The highest BCUT2D eigenvalue weighted by Gasteiger charge is 2.61. The zero-order chi connectivity index (χ0) is 22.3. The van der Waals surface area contributed by atoms with Crippen LogP contribution >= 0.6 is 0 Å². The zero-order valence-corrected chi connectivity index (χ0v) is 14.8. The van der Waals surface area contributed by atoms with Gasteiger partial charge < -0.3 is 16.0 Å². The molecule has 4 N–H and O–H groups in total. The number of carbonyl (C=O) groups is 3. The second kappa shape index (κ2) is 5.62. The molecule has 0 aromatic heterocycles. The molecule has 2 fully saturated rings. The minimum Gasteiger partial charge on any atom is -0.351 e. The summed E-state index contributed by atoms with van der Waals surface area (Å²) >= 11 is 0. The first-order chi connectivity index (χ1) is 13.7. The molecular formula is C18H19F3N4O3. The average molecular weight is 398 g/mol. The van der Waals surface area contributed by atoms with Crippen LogP contribution < -0.4 is 16.4 Å². The van der Waals surface area contributed by atoms with Crippen LogP contribution in [-0.2, 0) is 23.0 Å². The molecule has 2 heterocycles. The minimum absolute atomic E-state index is 0.102. The molecule has 10 heteroatoms. The van der Waals surface area contributed by atoms with Crippen molar-refractivity contribution >= 4 is 18.0 Å². The second-order valence-electron chi connectivity index (χ2n) is 7.65. The number of fused-ring (bicyclic) bond motifs is 1. The summed E-state index contributed by atoms with van der Waals surface area (Å²) in [5.74, 6) is -0.933. The fraction of sp³-hybridized carbons (Fsp3) is 0.500. The molecule has 7 nitrogen and oxygen atoms in total. The van der Waals surface area contributed by atoms with E-state index < -0.39 is 47.3 Å². The summed E-state index contributed by atoms with van der Waals surface area (Å²) < 4.78 is 56.9. The van der Waals surface area contributed by atoms with Crippen molar-refractivity contribution in [2.75, 3.05) is 0 Å². The van der Waals surface area contributed by atoms with Crippen LogP contribution in [0.2, 0.25) is 0 Å². The van der Waals surface area contributed by atoms with E-state index in [1.807, 2.05) is 0 Å². The molecular weight excluding hydrogens is 377 g/mol. The monoisotopic (exact) mass is 398 g/mol. The highest BCUT2D eigenvalue weighted by molar-refractivity contribution is 6.07. The molecule has 1 unspecified atom stereocenters. The lowest BCUT2D eigenvalue weighted by Crippen LogP contribution is -2.57. The molecule has 0 spiro atoms. The molecule has 1 aromatic rings. The van der Waals surface area contributed by atoms with Crippen LogP contribution in [0.4, 0.5) is 22.8 Å². The van der Waals surface area contributed by atoms with Crippen molar-refractivity contribution in [3.8, 4) is 0 Å². The highest BCUT2D eigenvalue weighted by Crippen LogP contribution is 2.51. The normalized spacial score (nSPS) is 32.4. The number of primary amides is 1. The van der Waals surface area contributed by atoms with Crippen molar-refractivity contribution in [1.29, 1.82) is 0 Å². The van der Waals surface area contributed by atoms with Gasteiger partial charge in [0.25, 0.3) is 5.91 Å². The molecule has 1 saturated carbocycles. The van der Waals surface area contributed by atoms with Gasteiger partial charge >= 0.3 is 18.2 Å². The fourth-order valence-electron chi connectivity index (χ4n) is 4.28. The number of alkyl halides is 3. The number of urea groups is 2. The molecule has 2 aliphatic heterocycles. The summed E-state index contributed by atoms with van der Waals surface area (Å²) in [5.41, 5.74) is 0.995. The summed E-state index contributed by atoms with van der Waals surface area (Å²) in [5, 5.41) is 4.72. The van der Waals surface area contributed by atoms with E-state index in [0.717, 1.165) is 18.2 Å². The lowest BCUT2D eigenvalue weighted by Gasteiger charge is -2.41. The Kier molecular flexibility index (Phi) is 3.25. The van der Waals surface area contributed by atoms with Crippen LogP contribution in [0.25, 0.3) is 0 Å². The molecule has 1 aliphatic carbocycles. The number of hydrogen-bond acceptors (Lipinski definition) is 3. The van der Waals surface area contributed by atoms with Crippen molar-refractivity contribution < 1.29 is 30.3 Å². The number of nitrogens with zero attached hydrogens (tertiary/aromatic N) is 1. The van der Waals surface area contributed by atoms with Gasteiger partial charge in [0.05, 0.1) is 13.8 Å². The largest absolute Gasteiger partial charge is 0.416 e. The third-order valence-corrected chi connectivity index (χ3v) is 5.74. The van der Waals surface area contributed by atoms with Crippen LogP contribution in [0.3, 0.4) is 0 Å². The number of carbonyl (C=O) groups excluding carboxylic acids is 3. The van der Waals surface area contributed by atoms with Crippen LogP contribution in [0.15, 0.2) is 18.2 Å². The van der Waals surface area contributed by atoms with E-state index in [0.29, 0.717) is 17.7 Å². The number of rotatable bonds is 3. The first-order valence-electron chi connectivity index (χ1n) is 9.69. The lowest BCUT2D eigenvalue weighted by molar-refractivity contribution is -0.137. The molecule has 0 bridgehead atoms. The fourth-order valence-corrected chi connectivity index (χ4v) is 4.28. The maximum Gasteiger partial charge on any atom is 0.416 e. The van der Waals surface area contributed by atoms with Crippen LogP contribution in [0, 0.1) is 5.92 Å². The van der Waals surface area contributed by atoms with Gasteiger partial charge in [-0.05, 0) is 48.9 Å². The third kappa shape index (κ3) is 2.61. The standard InChI is InChI=1S/C18H19F3N4O3/c1-16(8-17(10-4-5-10)13(26)23-15(28)24-17)12-6-11(18(19,20)21)3-2-9(12)7-25(16)14(22)27/h2-3,6,10H,4-5,7-8H2,1H3,(H2,22,27)(H2,23,24,26,28)/t16?,17-/m1/s1/i7D2. The summed E-state index contributed by atoms with van der Waals surface area (Å²) in [7, 11) is 0. The van der Waals surface area contributed by atoms with Gasteiger partial charge in [0.2, 0.25) is 0 Å². The highest BCUT2D eigenvalue weighted by atomic mass is 19.4. The number of amides is 5. The number of benzene rings is 1. The van der Waals surface area contributed by atoms with E-state index >= 15 is 0 Å². The van der Waals surface area contributed by atoms with E-state index in [-0.39, 0.29) is 23.5 Å². The van der Waals surface area contributed by atoms with Crippen molar-refractivity contribution in [3.63, 3.8) is 0 Å². The Morgan fingerprint density at radius 2 is 2.07 bits per heavy atom. The Labute approximate surface area is 161 Å². The summed E-state index contributed by atoms with van der Waals surface area (Å²) in [6.45, 7) is -1.15. The van der Waals surface area contributed by atoms with E-state index in [4.69, 9.17) is 8.48 Å². The molecule has 150 valence electrons. The smallest absolute Gasteiger partial charge is 0.351 e. The quantitative estimate of drug-likeness (QED) is 0.680. The van der Waals surface area contributed by atoms with Crippen molar-refractivity contribution in [3.05, 3.63) is 34.9 Å². The maximum atomic E-state index is 13.4. The molecule has 2 atom stereocenters. The van der Waals surface area contributed by atoms with Gasteiger partial charge in [0.15, 0.2) is 0 Å². The number of nitrogens with two attached hydrogens (primary N) is 1. The van der Waals surface area contributed by atoms with Gasteiger partial charge in [-0.1, -0.05) is 6.07 Å². The molecule has 28 heavy (non-hydrogen) atoms. The van der Waals surface area contributed by atoms with Gasteiger partial charge in [0, 0.05) is 12.9 Å². The van der Waals surface area contributed by atoms with Crippen molar-refractivity contribution in [2.24, 2.45) is 11.7 Å². The Morgan fingerprint density at radius 3 is 2.57 bits per heavy atom. The average Bonchev–Trinajstić information content (AvgIpc) is 3.37. The maximum absolute atomic E-state index is 13.4. The summed E-state index contributed by atoms with van der Waals surface area (Å²) in [6, 6.07) is 0.568. The van der Waals surface area contributed by atoms with E-state index in [1.54, 1.807) is 0 Å². The minimum atomic E-state index is -4.70. The number of hydrogen-bond donors (Lipinski definition) is 3. The van der Waals surface area contributed by atoms with Crippen LogP contribution in [0.1, 0.15) is 45.6 Å². The Bertz CT molecular complexity index is 982. The van der Waals surface area contributed by atoms with Gasteiger partial charge in [0.1, 0.15) is 5.54 Å². The van der Waals surface area contributed by atoms with E-state index in [9.17, 15) is 27.6 Å². The molecule has 4 rings (SSSR count). The van der Waals surface area contributed by atoms with E-state index in [2.05, 4.69) is 10.6 Å². The molecule has 0 radical (unpaired) electrons. The predicted molar refractivity (Wildman–Crippen MR) is 90.7 cm³/mol. The van der Waals surface area contributed by atoms with Gasteiger partial charge in [-0.25, -0.2) is 9.59 Å². The first-order valence-corrected chi connectivity index (χ1v) is 8.69. The number of halogens is 3. The molecule has 1 aromatic carbocycles. The van der Waals surface area contributed by atoms with Gasteiger partial charge in [-0.15, -0.1) is 0 Å². The lowest BCUT2D eigenvalue weighted by atomic mass is 9.76. The van der Waals surface area contributed by atoms with Crippen molar-refractivity contribution in [2.45, 2.75) is 49.9 Å². The second-order valence-corrected chi connectivity index (χ2v) is 7.65.